The van der Waals surface area contributed by atoms with Gasteiger partial charge in [-0.1, -0.05) is 84.6 Å². The molecule has 1 amide bonds. The lowest BCUT2D eigenvalue weighted by atomic mass is 9.79. The van der Waals surface area contributed by atoms with Crippen LogP contribution in [0.1, 0.15) is 55.7 Å². The number of carbonyl (C=O) groups excluding carboxylic acids is 1. The monoisotopic (exact) mass is 561 g/mol. The van der Waals surface area contributed by atoms with Crippen LogP contribution in [0.25, 0.3) is 11.1 Å². The largest absolute Gasteiger partial charge is 0.325 e. The minimum atomic E-state index is -0.0221. The third-order valence-electron chi connectivity index (χ3n) is 8.99. The molecule has 1 atom stereocenters. The molecule has 0 aromatic heterocycles. The number of hydrogen-bond acceptors (Lipinski definition) is 3. The lowest BCUT2D eigenvalue weighted by molar-refractivity contribution is -0.118. The van der Waals surface area contributed by atoms with Gasteiger partial charge in [-0.3, -0.25) is 9.69 Å². The van der Waals surface area contributed by atoms with Crippen LogP contribution in [0.2, 0.25) is 10.0 Å². The summed E-state index contributed by atoms with van der Waals surface area (Å²) in [5.41, 5.74) is 6.00. The van der Waals surface area contributed by atoms with E-state index in [-0.39, 0.29) is 11.9 Å². The highest BCUT2D eigenvalue weighted by Gasteiger charge is 2.37. The van der Waals surface area contributed by atoms with E-state index in [0.29, 0.717) is 28.2 Å². The molecule has 1 saturated carbocycles. The molecule has 2 aliphatic heterocycles. The lowest BCUT2D eigenvalue weighted by Gasteiger charge is -2.45. The van der Waals surface area contributed by atoms with Gasteiger partial charge in [0.15, 0.2) is 0 Å². The SMILES string of the molecule is O=C(CN1CCc2cc(-c3ccccc3)ccc2C1C1CCN(C2CCCC2)CC1)Nc1cc(Cl)cc(Cl)c1. The van der Waals surface area contributed by atoms with E-state index in [4.69, 9.17) is 23.2 Å². The molecule has 1 saturated heterocycles. The number of hydrogen-bond donors (Lipinski definition) is 1. The van der Waals surface area contributed by atoms with Crippen LogP contribution in [-0.2, 0) is 11.2 Å². The Morgan fingerprint density at radius 2 is 1.54 bits per heavy atom. The van der Waals surface area contributed by atoms with Crippen molar-refractivity contribution in [1.29, 1.82) is 0 Å². The summed E-state index contributed by atoms with van der Waals surface area (Å²) < 4.78 is 0. The van der Waals surface area contributed by atoms with Crippen molar-refractivity contribution >= 4 is 34.8 Å². The lowest BCUT2D eigenvalue weighted by Crippen LogP contribution is -2.47. The Labute approximate surface area is 242 Å². The predicted molar refractivity (Wildman–Crippen MR) is 162 cm³/mol. The first-order valence-corrected chi connectivity index (χ1v) is 15.2. The summed E-state index contributed by atoms with van der Waals surface area (Å²) in [6.45, 7) is 3.58. The fourth-order valence-electron chi connectivity index (χ4n) is 7.13. The van der Waals surface area contributed by atoms with Crippen LogP contribution < -0.4 is 5.32 Å². The van der Waals surface area contributed by atoms with Crippen molar-refractivity contribution < 1.29 is 4.79 Å². The molecule has 1 unspecified atom stereocenters. The molecule has 2 heterocycles. The number of halogens is 2. The van der Waals surface area contributed by atoms with Gasteiger partial charge in [-0.2, -0.15) is 0 Å². The summed E-state index contributed by atoms with van der Waals surface area (Å²) in [6.07, 6.45) is 8.80. The standard InChI is InChI=1S/C33H37Cl2N3O/c34-27-19-28(35)21-29(20-27)36-32(39)22-38-17-14-26-18-25(23-6-2-1-3-7-23)10-11-31(26)33(38)24-12-15-37(16-13-24)30-8-4-5-9-30/h1-3,6-7,10-11,18-21,24,30,33H,4-5,8-9,12-17,22H2,(H,36,39). The zero-order valence-electron chi connectivity index (χ0n) is 22.4. The minimum Gasteiger partial charge on any atom is -0.325 e. The fraction of sp³-hybridized carbons (Fsp3) is 0.424. The van der Waals surface area contributed by atoms with Crippen LogP contribution in [0.4, 0.5) is 5.69 Å². The van der Waals surface area contributed by atoms with Crippen molar-refractivity contribution in [3.63, 3.8) is 0 Å². The molecule has 1 aliphatic carbocycles. The smallest absolute Gasteiger partial charge is 0.238 e. The average Bonchev–Trinajstić information content (AvgIpc) is 3.48. The third-order valence-corrected chi connectivity index (χ3v) is 9.42. The van der Waals surface area contributed by atoms with Crippen molar-refractivity contribution in [3.05, 3.63) is 87.9 Å². The van der Waals surface area contributed by atoms with Crippen LogP contribution in [0, 0.1) is 5.92 Å². The van der Waals surface area contributed by atoms with E-state index in [1.54, 1.807) is 18.2 Å². The van der Waals surface area contributed by atoms with E-state index in [1.165, 1.54) is 73.9 Å². The van der Waals surface area contributed by atoms with Gasteiger partial charge in [0.05, 0.1) is 6.54 Å². The van der Waals surface area contributed by atoms with Gasteiger partial charge >= 0.3 is 0 Å². The Kier molecular flexibility index (Phi) is 8.27. The van der Waals surface area contributed by atoms with Gasteiger partial charge in [-0.05, 0) is 91.6 Å². The van der Waals surface area contributed by atoms with Crippen molar-refractivity contribution in [2.45, 2.75) is 57.0 Å². The highest BCUT2D eigenvalue weighted by atomic mass is 35.5. The van der Waals surface area contributed by atoms with Crippen molar-refractivity contribution in [1.82, 2.24) is 9.80 Å². The van der Waals surface area contributed by atoms with Gasteiger partial charge < -0.3 is 10.2 Å². The van der Waals surface area contributed by atoms with Gasteiger partial charge in [-0.15, -0.1) is 0 Å². The highest BCUT2D eigenvalue weighted by Crippen LogP contribution is 2.42. The number of amides is 1. The second kappa shape index (κ2) is 12.0. The second-order valence-corrected chi connectivity index (χ2v) is 12.3. The van der Waals surface area contributed by atoms with Crippen molar-refractivity contribution in [2.24, 2.45) is 5.92 Å². The van der Waals surface area contributed by atoms with Gasteiger partial charge in [0.25, 0.3) is 0 Å². The Bertz CT molecular complexity index is 1280. The van der Waals surface area contributed by atoms with Crippen molar-refractivity contribution in [2.75, 3.05) is 31.5 Å². The molecule has 0 bridgehead atoms. The normalized spacial score (nSPS) is 21.1. The number of piperidine rings is 1. The Morgan fingerprint density at radius 3 is 2.26 bits per heavy atom. The van der Waals surface area contributed by atoms with E-state index in [1.807, 2.05) is 0 Å². The quantitative estimate of drug-likeness (QED) is 0.332. The fourth-order valence-corrected chi connectivity index (χ4v) is 7.66. The van der Waals surface area contributed by atoms with Gasteiger partial charge in [-0.25, -0.2) is 0 Å². The molecule has 3 aromatic rings. The number of likely N-dealkylation sites (tertiary alicyclic amines) is 1. The molecule has 3 aromatic carbocycles. The first kappa shape index (κ1) is 26.8. The number of benzene rings is 3. The van der Waals surface area contributed by atoms with Gasteiger partial charge in [0, 0.05) is 34.4 Å². The second-order valence-electron chi connectivity index (χ2n) is 11.5. The maximum Gasteiger partial charge on any atom is 0.238 e. The van der Waals surface area contributed by atoms with E-state index >= 15 is 0 Å². The number of rotatable bonds is 6. The summed E-state index contributed by atoms with van der Waals surface area (Å²) >= 11 is 12.3. The van der Waals surface area contributed by atoms with Gasteiger partial charge in [0.1, 0.15) is 0 Å². The Morgan fingerprint density at radius 1 is 0.821 bits per heavy atom. The summed E-state index contributed by atoms with van der Waals surface area (Å²) in [7, 11) is 0. The zero-order valence-corrected chi connectivity index (χ0v) is 23.9. The van der Waals surface area contributed by atoms with Gasteiger partial charge in [0.2, 0.25) is 5.91 Å². The maximum atomic E-state index is 13.3. The number of nitrogens with one attached hydrogen (secondary N) is 1. The number of anilines is 1. The topological polar surface area (TPSA) is 35.6 Å². The number of carbonyl (C=O) groups is 1. The molecule has 0 radical (unpaired) electrons. The summed E-state index contributed by atoms with van der Waals surface area (Å²) in [6, 6.07) is 23.8. The summed E-state index contributed by atoms with van der Waals surface area (Å²) in [4.78, 5) is 18.4. The molecule has 3 aliphatic rings. The van der Waals surface area contributed by atoms with Crippen LogP contribution in [-0.4, -0.2) is 47.9 Å². The molecule has 6 rings (SSSR count). The molecule has 39 heavy (non-hydrogen) atoms. The zero-order chi connectivity index (χ0) is 26.8. The molecule has 6 heteroatoms. The predicted octanol–water partition coefficient (Wildman–Crippen LogP) is 7.85. The Balaban J connectivity index is 1.23. The molecule has 1 N–H and O–H groups in total. The number of nitrogens with zero attached hydrogens (tertiary/aromatic N) is 2. The molecular formula is C33H37Cl2N3O. The third kappa shape index (κ3) is 6.20. The highest BCUT2D eigenvalue weighted by molar-refractivity contribution is 6.35. The number of fused-ring (bicyclic) bond motifs is 1. The molecule has 2 fully saturated rings. The van der Waals surface area contributed by atoms with Crippen LogP contribution in [0.15, 0.2) is 66.7 Å². The van der Waals surface area contributed by atoms with E-state index in [0.717, 1.165) is 19.0 Å². The molecule has 204 valence electrons. The maximum absolute atomic E-state index is 13.3. The molecule has 0 spiro atoms. The molecule has 4 nitrogen and oxygen atoms in total. The van der Waals surface area contributed by atoms with Crippen molar-refractivity contribution in [3.8, 4) is 11.1 Å². The summed E-state index contributed by atoms with van der Waals surface area (Å²) in [5.74, 6) is 0.517. The van der Waals surface area contributed by atoms with E-state index in [9.17, 15) is 4.79 Å². The summed E-state index contributed by atoms with van der Waals surface area (Å²) in [5, 5.41) is 4.07. The Hall–Kier alpha value is -2.37. The van der Waals surface area contributed by atoms with E-state index < -0.39 is 0 Å². The first-order chi connectivity index (χ1) is 19.0. The first-order valence-electron chi connectivity index (χ1n) is 14.5. The minimum absolute atomic E-state index is 0.0221. The van der Waals surface area contributed by atoms with E-state index in [2.05, 4.69) is 63.6 Å². The average molecular weight is 563 g/mol. The molecular weight excluding hydrogens is 525 g/mol. The van der Waals surface area contributed by atoms with Crippen LogP contribution in [0.5, 0.6) is 0 Å². The van der Waals surface area contributed by atoms with Crippen LogP contribution in [0.3, 0.4) is 0 Å². The van der Waals surface area contributed by atoms with Crippen LogP contribution >= 0.6 is 23.2 Å².